The summed E-state index contributed by atoms with van der Waals surface area (Å²) in [5.41, 5.74) is 2.26. The summed E-state index contributed by atoms with van der Waals surface area (Å²) in [6, 6.07) is 10.1. The number of carbonyl (C=O) groups excluding carboxylic acids is 1. The van der Waals surface area contributed by atoms with E-state index < -0.39 is 0 Å². The van der Waals surface area contributed by atoms with E-state index >= 15 is 0 Å². The summed E-state index contributed by atoms with van der Waals surface area (Å²) >= 11 is 3.14. The highest BCUT2D eigenvalue weighted by Crippen LogP contribution is 2.27. The number of fused-ring (bicyclic) bond motifs is 1. The molecule has 3 rings (SSSR count). The average molecular weight is 345 g/mol. The molecule has 1 aromatic carbocycles. The van der Waals surface area contributed by atoms with Crippen LogP contribution in [0.5, 0.6) is 0 Å². The second kappa shape index (κ2) is 7.57. The number of hydrogen-bond donors (Lipinski definition) is 2. The molecule has 0 radical (unpaired) electrons. The SMILES string of the molecule is CCCCc1ccc2nc(NC(=O)NCc3cccs3)sc2c1. The third kappa shape index (κ3) is 4.30. The summed E-state index contributed by atoms with van der Waals surface area (Å²) in [4.78, 5) is 17.5. The van der Waals surface area contributed by atoms with Crippen LogP contribution in [-0.2, 0) is 13.0 Å². The van der Waals surface area contributed by atoms with Crippen molar-refractivity contribution in [3.63, 3.8) is 0 Å². The number of thiazole rings is 1. The van der Waals surface area contributed by atoms with Gasteiger partial charge < -0.3 is 5.32 Å². The lowest BCUT2D eigenvalue weighted by atomic mass is 10.1. The van der Waals surface area contributed by atoms with Gasteiger partial charge in [-0.25, -0.2) is 9.78 Å². The lowest BCUT2D eigenvalue weighted by Gasteiger charge is -2.03. The van der Waals surface area contributed by atoms with Crippen LogP contribution in [0.1, 0.15) is 30.2 Å². The molecule has 2 N–H and O–H groups in total. The van der Waals surface area contributed by atoms with Gasteiger partial charge in [0.15, 0.2) is 5.13 Å². The fraction of sp³-hybridized carbons (Fsp3) is 0.294. The van der Waals surface area contributed by atoms with Crippen LogP contribution in [0.2, 0.25) is 0 Å². The number of unbranched alkanes of at least 4 members (excludes halogenated alkanes) is 1. The van der Waals surface area contributed by atoms with Crippen molar-refractivity contribution in [2.24, 2.45) is 0 Å². The molecule has 6 heteroatoms. The van der Waals surface area contributed by atoms with Gasteiger partial charge in [0.1, 0.15) is 0 Å². The van der Waals surface area contributed by atoms with Crippen molar-refractivity contribution in [1.82, 2.24) is 10.3 Å². The van der Waals surface area contributed by atoms with Crippen molar-refractivity contribution in [2.45, 2.75) is 32.7 Å². The molecule has 4 nitrogen and oxygen atoms in total. The highest BCUT2D eigenvalue weighted by molar-refractivity contribution is 7.22. The van der Waals surface area contributed by atoms with E-state index in [0.29, 0.717) is 11.7 Å². The first kappa shape index (κ1) is 16.0. The van der Waals surface area contributed by atoms with Gasteiger partial charge in [0.05, 0.1) is 16.8 Å². The number of carbonyl (C=O) groups is 1. The van der Waals surface area contributed by atoms with Crippen molar-refractivity contribution < 1.29 is 4.79 Å². The summed E-state index contributed by atoms with van der Waals surface area (Å²) in [6.45, 7) is 2.73. The van der Waals surface area contributed by atoms with Gasteiger partial charge in [-0.15, -0.1) is 11.3 Å². The molecule has 0 aliphatic heterocycles. The highest BCUT2D eigenvalue weighted by atomic mass is 32.1. The van der Waals surface area contributed by atoms with Crippen LogP contribution in [-0.4, -0.2) is 11.0 Å². The third-order valence-electron chi connectivity index (χ3n) is 3.50. The van der Waals surface area contributed by atoms with Gasteiger partial charge in [0, 0.05) is 4.88 Å². The molecule has 0 fully saturated rings. The third-order valence-corrected chi connectivity index (χ3v) is 5.31. The second-order valence-corrected chi connectivity index (χ2v) is 7.37. The molecule has 0 saturated heterocycles. The number of benzene rings is 1. The molecule has 120 valence electrons. The molecule has 0 spiro atoms. The molecule has 23 heavy (non-hydrogen) atoms. The van der Waals surface area contributed by atoms with Gasteiger partial charge in [0.2, 0.25) is 0 Å². The summed E-state index contributed by atoms with van der Waals surface area (Å²) in [7, 11) is 0. The Hall–Kier alpha value is -1.92. The summed E-state index contributed by atoms with van der Waals surface area (Å²) in [5.74, 6) is 0. The first-order chi connectivity index (χ1) is 11.2. The maximum absolute atomic E-state index is 11.9. The smallest absolute Gasteiger partial charge is 0.321 e. The Labute approximate surface area is 143 Å². The van der Waals surface area contributed by atoms with Crippen LogP contribution in [0.3, 0.4) is 0 Å². The molecule has 2 amide bonds. The molecule has 0 atom stereocenters. The zero-order valence-corrected chi connectivity index (χ0v) is 14.6. The number of amides is 2. The maximum atomic E-state index is 11.9. The van der Waals surface area contributed by atoms with Crippen molar-refractivity contribution in [3.05, 3.63) is 46.2 Å². The fourth-order valence-corrected chi connectivity index (χ4v) is 3.85. The minimum atomic E-state index is -0.219. The fourth-order valence-electron chi connectivity index (χ4n) is 2.28. The minimum absolute atomic E-state index is 0.219. The number of aryl methyl sites for hydroxylation is 1. The topological polar surface area (TPSA) is 54.0 Å². The number of nitrogens with zero attached hydrogens (tertiary/aromatic N) is 1. The largest absolute Gasteiger partial charge is 0.333 e. The van der Waals surface area contributed by atoms with Crippen LogP contribution >= 0.6 is 22.7 Å². The Kier molecular flexibility index (Phi) is 5.25. The van der Waals surface area contributed by atoms with Crippen LogP contribution in [0.4, 0.5) is 9.93 Å². The van der Waals surface area contributed by atoms with Gasteiger partial charge >= 0.3 is 6.03 Å². The van der Waals surface area contributed by atoms with E-state index in [4.69, 9.17) is 0 Å². The number of thiophene rings is 1. The minimum Gasteiger partial charge on any atom is -0.333 e. The van der Waals surface area contributed by atoms with Crippen LogP contribution in [0.25, 0.3) is 10.2 Å². The predicted octanol–water partition coefficient (Wildman–Crippen LogP) is 5.02. The number of hydrogen-bond acceptors (Lipinski definition) is 4. The molecule has 0 bridgehead atoms. The molecular weight excluding hydrogens is 326 g/mol. The molecule has 0 unspecified atom stereocenters. The van der Waals surface area contributed by atoms with E-state index in [9.17, 15) is 4.79 Å². The summed E-state index contributed by atoms with van der Waals surface area (Å²) < 4.78 is 1.12. The predicted molar refractivity (Wildman–Crippen MR) is 98.4 cm³/mol. The van der Waals surface area contributed by atoms with Crippen molar-refractivity contribution in [3.8, 4) is 0 Å². The zero-order chi connectivity index (χ0) is 16.1. The number of aromatic nitrogens is 1. The van der Waals surface area contributed by atoms with Crippen molar-refractivity contribution in [1.29, 1.82) is 0 Å². The van der Waals surface area contributed by atoms with E-state index in [1.54, 1.807) is 11.3 Å². The lowest BCUT2D eigenvalue weighted by molar-refractivity contribution is 0.252. The molecule has 0 aliphatic carbocycles. The number of anilines is 1. The van der Waals surface area contributed by atoms with Gasteiger partial charge in [-0.1, -0.05) is 36.8 Å². The number of urea groups is 1. The Morgan fingerprint density at radius 3 is 3.00 bits per heavy atom. The van der Waals surface area contributed by atoms with E-state index in [1.165, 1.54) is 29.7 Å². The van der Waals surface area contributed by atoms with Gasteiger partial charge in [-0.3, -0.25) is 5.32 Å². The Bertz CT molecular complexity index is 780. The maximum Gasteiger partial charge on any atom is 0.321 e. The first-order valence-corrected chi connectivity index (χ1v) is 9.41. The molecule has 2 aromatic heterocycles. The average Bonchev–Trinajstić information content (AvgIpc) is 3.19. The van der Waals surface area contributed by atoms with Crippen LogP contribution in [0.15, 0.2) is 35.7 Å². The molecule has 0 aliphatic rings. The number of nitrogens with one attached hydrogen (secondary N) is 2. The summed E-state index contributed by atoms with van der Waals surface area (Å²) in [5, 5.41) is 8.30. The standard InChI is InChI=1S/C17H19N3OS2/c1-2-3-5-12-7-8-14-15(10-12)23-17(19-14)20-16(21)18-11-13-6-4-9-22-13/h4,6-10H,2-3,5,11H2,1H3,(H2,18,19,20,21). The zero-order valence-electron chi connectivity index (χ0n) is 13.0. The monoisotopic (exact) mass is 345 g/mol. The van der Waals surface area contributed by atoms with E-state index in [2.05, 4.69) is 34.7 Å². The highest BCUT2D eigenvalue weighted by Gasteiger charge is 2.08. The Balaban J connectivity index is 1.62. The first-order valence-electron chi connectivity index (χ1n) is 7.71. The molecule has 3 aromatic rings. The van der Waals surface area contributed by atoms with Gasteiger partial charge in [-0.05, 0) is 42.0 Å². The Morgan fingerprint density at radius 2 is 2.22 bits per heavy atom. The van der Waals surface area contributed by atoms with Crippen LogP contribution in [0, 0.1) is 0 Å². The second-order valence-electron chi connectivity index (χ2n) is 5.31. The number of rotatable bonds is 6. The molecule has 0 saturated carbocycles. The lowest BCUT2D eigenvalue weighted by Crippen LogP contribution is -2.27. The van der Waals surface area contributed by atoms with Crippen LogP contribution < -0.4 is 10.6 Å². The van der Waals surface area contributed by atoms with E-state index in [1.807, 2.05) is 23.6 Å². The van der Waals surface area contributed by atoms with Crippen molar-refractivity contribution in [2.75, 3.05) is 5.32 Å². The normalized spacial score (nSPS) is 10.8. The molecule has 2 heterocycles. The Morgan fingerprint density at radius 1 is 1.30 bits per heavy atom. The quantitative estimate of drug-likeness (QED) is 0.659. The molecular formula is C17H19N3OS2. The van der Waals surface area contributed by atoms with E-state index in [-0.39, 0.29) is 6.03 Å². The van der Waals surface area contributed by atoms with Gasteiger partial charge in [0.25, 0.3) is 0 Å². The van der Waals surface area contributed by atoms with Gasteiger partial charge in [-0.2, -0.15) is 0 Å². The summed E-state index contributed by atoms with van der Waals surface area (Å²) in [6.07, 6.45) is 3.48. The van der Waals surface area contributed by atoms with Crippen molar-refractivity contribution >= 4 is 44.1 Å². The van der Waals surface area contributed by atoms with E-state index in [0.717, 1.165) is 21.5 Å².